The normalized spacial score (nSPS) is 19.4. The number of hydrogen-bond donors (Lipinski definition) is 1. The minimum atomic E-state index is -0.830. The second kappa shape index (κ2) is 6.75. The van der Waals surface area contributed by atoms with Gasteiger partial charge in [-0.1, -0.05) is 24.3 Å². The number of halogens is 1. The van der Waals surface area contributed by atoms with Crippen LogP contribution in [0.1, 0.15) is 17.4 Å². The molecule has 0 aliphatic carbocycles. The highest BCUT2D eigenvalue weighted by Gasteiger charge is 2.44. The molecule has 7 heteroatoms. The van der Waals surface area contributed by atoms with Gasteiger partial charge in [0.2, 0.25) is 0 Å². The summed E-state index contributed by atoms with van der Waals surface area (Å²) in [5.41, 5.74) is 1.22. The summed E-state index contributed by atoms with van der Waals surface area (Å²) in [7, 11) is 0. The highest BCUT2D eigenvalue weighted by Crippen LogP contribution is 2.37. The smallest absolute Gasteiger partial charge is 0.322 e. The third-order valence-corrected chi connectivity index (χ3v) is 4.75. The van der Waals surface area contributed by atoms with Gasteiger partial charge in [-0.15, -0.1) is 6.58 Å². The first-order valence-electron chi connectivity index (χ1n) is 8.58. The van der Waals surface area contributed by atoms with E-state index in [1.807, 2.05) is 0 Å². The van der Waals surface area contributed by atoms with Gasteiger partial charge in [-0.05, 0) is 18.2 Å². The van der Waals surface area contributed by atoms with Crippen LogP contribution in [0.3, 0.4) is 0 Å². The summed E-state index contributed by atoms with van der Waals surface area (Å²) < 4.78 is 19.7. The number of amides is 3. The van der Waals surface area contributed by atoms with E-state index in [0.717, 1.165) is 0 Å². The fourth-order valence-corrected chi connectivity index (χ4v) is 3.53. The van der Waals surface area contributed by atoms with Crippen molar-refractivity contribution in [1.29, 1.82) is 0 Å². The van der Waals surface area contributed by atoms with E-state index in [1.54, 1.807) is 47.6 Å². The van der Waals surface area contributed by atoms with Gasteiger partial charge in [0.25, 0.3) is 5.91 Å². The number of nitrogens with zero attached hydrogens (tertiary/aromatic N) is 2. The van der Waals surface area contributed by atoms with Crippen molar-refractivity contribution in [2.24, 2.45) is 0 Å². The van der Waals surface area contributed by atoms with E-state index in [2.05, 4.69) is 11.9 Å². The first-order chi connectivity index (χ1) is 13.1. The molecule has 1 N–H and O–H groups in total. The van der Waals surface area contributed by atoms with Gasteiger partial charge in [-0.2, -0.15) is 0 Å². The largest absolute Gasteiger partial charge is 0.467 e. The molecule has 3 amide bonds. The lowest BCUT2D eigenvalue weighted by Gasteiger charge is -2.33. The van der Waals surface area contributed by atoms with Crippen molar-refractivity contribution in [1.82, 2.24) is 15.1 Å². The fourth-order valence-electron chi connectivity index (χ4n) is 3.53. The molecule has 2 aliphatic rings. The Bertz CT molecular complexity index is 936. The van der Waals surface area contributed by atoms with Crippen molar-refractivity contribution >= 4 is 11.9 Å². The third kappa shape index (κ3) is 2.91. The van der Waals surface area contributed by atoms with Crippen LogP contribution >= 0.6 is 0 Å². The van der Waals surface area contributed by atoms with E-state index < -0.39 is 11.9 Å². The molecule has 2 aromatic rings. The molecule has 0 bridgehead atoms. The van der Waals surface area contributed by atoms with E-state index in [1.165, 1.54) is 11.0 Å². The Labute approximate surface area is 155 Å². The Kier molecular flexibility index (Phi) is 4.27. The van der Waals surface area contributed by atoms with Gasteiger partial charge in [0.15, 0.2) is 0 Å². The molecule has 0 saturated carbocycles. The first-order valence-corrected chi connectivity index (χ1v) is 8.58. The Morgan fingerprint density at radius 2 is 2.07 bits per heavy atom. The number of furan rings is 1. The zero-order valence-electron chi connectivity index (χ0n) is 14.5. The molecule has 2 aliphatic heterocycles. The maximum atomic E-state index is 14.4. The number of urea groups is 1. The lowest BCUT2D eigenvalue weighted by molar-refractivity contribution is -0.126. The molecule has 6 nitrogen and oxygen atoms in total. The SMILES string of the molecule is C=CCN1C(=O)NC(c2ccccc2F)C2=C1CN(Cc1ccco1)C2=O. The average Bonchev–Trinajstić information content (AvgIpc) is 3.27. The summed E-state index contributed by atoms with van der Waals surface area (Å²) in [6.07, 6.45) is 3.13. The van der Waals surface area contributed by atoms with Crippen LogP contribution in [0.15, 0.2) is 71.0 Å². The van der Waals surface area contributed by atoms with Crippen LogP contribution in [0.5, 0.6) is 0 Å². The number of nitrogens with one attached hydrogen (secondary N) is 1. The van der Waals surface area contributed by atoms with E-state index in [-0.39, 0.29) is 37.1 Å². The number of rotatable bonds is 5. The van der Waals surface area contributed by atoms with Crippen LogP contribution in [0.2, 0.25) is 0 Å². The van der Waals surface area contributed by atoms with Crippen molar-refractivity contribution in [3.8, 4) is 0 Å². The minimum absolute atomic E-state index is 0.247. The molecule has 1 aromatic carbocycles. The molecule has 1 unspecified atom stereocenters. The summed E-state index contributed by atoms with van der Waals surface area (Å²) in [6.45, 7) is 4.46. The molecule has 1 atom stereocenters. The van der Waals surface area contributed by atoms with Crippen LogP contribution in [0.4, 0.5) is 9.18 Å². The molecule has 0 saturated heterocycles. The van der Waals surface area contributed by atoms with Gasteiger partial charge in [0.05, 0.1) is 36.7 Å². The summed E-state index contributed by atoms with van der Waals surface area (Å²) in [6, 6.07) is 8.47. The molecular formula is C20H18FN3O3. The molecule has 0 spiro atoms. The minimum Gasteiger partial charge on any atom is -0.467 e. The Balaban J connectivity index is 1.74. The maximum absolute atomic E-state index is 14.4. The second-order valence-electron chi connectivity index (χ2n) is 6.40. The highest BCUT2D eigenvalue weighted by atomic mass is 19.1. The van der Waals surface area contributed by atoms with E-state index in [9.17, 15) is 14.0 Å². The van der Waals surface area contributed by atoms with Crippen molar-refractivity contribution in [2.45, 2.75) is 12.6 Å². The zero-order chi connectivity index (χ0) is 19.0. The van der Waals surface area contributed by atoms with Gasteiger partial charge in [0.1, 0.15) is 11.6 Å². The quantitative estimate of drug-likeness (QED) is 0.827. The molecule has 1 aromatic heterocycles. The zero-order valence-corrected chi connectivity index (χ0v) is 14.5. The number of carbonyl (C=O) groups is 2. The lowest BCUT2D eigenvalue weighted by atomic mass is 9.95. The summed E-state index contributed by atoms with van der Waals surface area (Å²) in [5.74, 6) is -0.0759. The third-order valence-electron chi connectivity index (χ3n) is 4.75. The number of carbonyl (C=O) groups excluding carboxylic acids is 2. The van der Waals surface area contributed by atoms with Crippen molar-refractivity contribution < 1.29 is 18.4 Å². The lowest BCUT2D eigenvalue weighted by Crippen LogP contribution is -2.47. The van der Waals surface area contributed by atoms with Gasteiger partial charge < -0.3 is 14.6 Å². The molecule has 4 rings (SSSR count). The Hall–Kier alpha value is -3.35. The van der Waals surface area contributed by atoms with Gasteiger partial charge in [-0.3, -0.25) is 9.69 Å². The van der Waals surface area contributed by atoms with Crippen LogP contribution in [-0.2, 0) is 11.3 Å². The molecule has 0 fully saturated rings. The molecule has 138 valence electrons. The van der Waals surface area contributed by atoms with Crippen LogP contribution < -0.4 is 5.32 Å². The average molecular weight is 367 g/mol. The number of hydrogen-bond acceptors (Lipinski definition) is 3. The van der Waals surface area contributed by atoms with Crippen LogP contribution in [0, 0.1) is 5.82 Å². The molecule has 27 heavy (non-hydrogen) atoms. The van der Waals surface area contributed by atoms with Crippen molar-refractivity contribution in [3.63, 3.8) is 0 Å². The topological polar surface area (TPSA) is 65.8 Å². The molecule has 0 radical (unpaired) electrons. The highest BCUT2D eigenvalue weighted by molar-refractivity contribution is 6.01. The van der Waals surface area contributed by atoms with E-state index >= 15 is 0 Å². The summed E-state index contributed by atoms with van der Waals surface area (Å²) >= 11 is 0. The summed E-state index contributed by atoms with van der Waals surface area (Å²) in [4.78, 5) is 28.8. The Morgan fingerprint density at radius 3 is 2.78 bits per heavy atom. The Morgan fingerprint density at radius 1 is 1.26 bits per heavy atom. The predicted octanol–water partition coefficient (Wildman–Crippen LogP) is 2.97. The van der Waals surface area contributed by atoms with Crippen molar-refractivity contribution in [2.75, 3.05) is 13.1 Å². The fraction of sp³-hybridized carbons (Fsp3) is 0.200. The van der Waals surface area contributed by atoms with Gasteiger partial charge in [-0.25, -0.2) is 9.18 Å². The monoisotopic (exact) mass is 367 g/mol. The van der Waals surface area contributed by atoms with Crippen molar-refractivity contribution in [3.05, 3.63) is 83.7 Å². The van der Waals surface area contributed by atoms with Crippen LogP contribution in [0.25, 0.3) is 0 Å². The number of benzene rings is 1. The summed E-state index contributed by atoms with van der Waals surface area (Å²) in [5, 5.41) is 2.76. The standard InChI is InChI=1S/C20H18FN3O3/c1-2-9-24-16-12-23(11-13-6-5-10-27-13)19(25)17(16)18(22-20(24)26)14-7-3-4-8-15(14)21/h2-8,10,18H,1,9,11-12H2,(H,22,26). The van der Waals surface area contributed by atoms with E-state index in [4.69, 9.17) is 4.42 Å². The first kappa shape index (κ1) is 17.1. The van der Waals surface area contributed by atoms with Gasteiger partial charge in [0, 0.05) is 12.1 Å². The van der Waals surface area contributed by atoms with E-state index in [0.29, 0.717) is 17.0 Å². The maximum Gasteiger partial charge on any atom is 0.322 e. The molecular weight excluding hydrogens is 349 g/mol. The van der Waals surface area contributed by atoms with Crippen LogP contribution in [-0.4, -0.2) is 34.8 Å². The second-order valence-corrected chi connectivity index (χ2v) is 6.40. The predicted molar refractivity (Wildman–Crippen MR) is 95.7 cm³/mol. The van der Waals surface area contributed by atoms with Gasteiger partial charge >= 0.3 is 6.03 Å². The molecule has 3 heterocycles.